The highest BCUT2D eigenvalue weighted by Gasteiger charge is 2.45. The van der Waals surface area contributed by atoms with Gasteiger partial charge in [0.05, 0.1) is 6.54 Å². The van der Waals surface area contributed by atoms with Crippen LogP contribution >= 0.6 is 0 Å². The van der Waals surface area contributed by atoms with Gasteiger partial charge in [0.25, 0.3) is 5.56 Å². The second kappa shape index (κ2) is 8.88. The maximum atomic E-state index is 13.9. The van der Waals surface area contributed by atoms with Gasteiger partial charge in [-0.15, -0.1) is 0 Å². The lowest BCUT2D eigenvalue weighted by Crippen LogP contribution is -2.58. The summed E-state index contributed by atoms with van der Waals surface area (Å²) in [6.07, 6.45) is 6.79. The van der Waals surface area contributed by atoms with Crippen LogP contribution in [0.15, 0.2) is 51.7 Å². The van der Waals surface area contributed by atoms with Gasteiger partial charge < -0.3 is 15.5 Å². The number of fused-ring (bicyclic) bond motifs is 1. The summed E-state index contributed by atoms with van der Waals surface area (Å²) in [6.45, 7) is 1.30. The number of hydrogen-bond acceptors (Lipinski definition) is 7. The number of carbonyl (C=O) groups excluding carboxylic acids is 1. The molecule has 2 aromatic rings. The maximum absolute atomic E-state index is 13.9. The van der Waals surface area contributed by atoms with Gasteiger partial charge in [0.2, 0.25) is 0 Å². The summed E-state index contributed by atoms with van der Waals surface area (Å²) < 4.78 is 2.58. The molecule has 9 nitrogen and oxygen atoms in total. The van der Waals surface area contributed by atoms with Crippen LogP contribution in [0.25, 0.3) is 0 Å². The summed E-state index contributed by atoms with van der Waals surface area (Å²) in [5, 5.41) is 0. The van der Waals surface area contributed by atoms with Gasteiger partial charge in [0.15, 0.2) is 17.8 Å². The molecule has 1 saturated heterocycles. The summed E-state index contributed by atoms with van der Waals surface area (Å²) in [5.41, 5.74) is 7.42. The Labute approximate surface area is 198 Å². The first kappa shape index (κ1) is 22.6. The summed E-state index contributed by atoms with van der Waals surface area (Å²) in [5.74, 6) is 0.312. The first-order valence-electron chi connectivity index (χ1n) is 12.0. The van der Waals surface area contributed by atoms with Crippen molar-refractivity contribution < 1.29 is 4.79 Å². The molecule has 0 bridgehead atoms. The Balaban J connectivity index is 1.63. The Kier molecular flexibility index (Phi) is 5.91. The molecule has 0 radical (unpaired) electrons. The van der Waals surface area contributed by atoms with E-state index in [1.54, 1.807) is 31.3 Å². The molecule has 0 spiro atoms. The highest BCUT2D eigenvalue weighted by Crippen LogP contribution is 2.41. The zero-order chi connectivity index (χ0) is 24.0. The lowest BCUT2D eigenvalue weighted by molar-refractivity contribution is 0.0968. The molecule has 3 heterocycles. The Hall–Kier alpha value is -3.17. The Morgan fingerprint density at radius 1 is 1.12 bits per heavy atom. The normalized spacial score (nSPS) is 22.7. The standard InChI is InChI=1S/C25H32N6O3/c1-27-22-21(31(19-12-6-7-13-19)24(27)29-14-8-11-18(26)15-29)23(33)30(25(34)28(22)2)16-20(32)17-9-4-3-5-10-17/h3-5,9-10,12,18,24H,6-8,11,13-16,26H2,1-2H3. The number of Topliss-reactive ketones (excluding diaryl/α,β-unsaturated/α-hetero) is 1. The van der Waals surface area contributed by atoms with Crippen LogP contribution in [-0.2, 0) is 13.6 Å². The molecule has 2 atom stereocenters. The number of nitrogens with two attached hydrogens (primary N) is 1. The van der Waals surface area contributed by atoms with E-state index in [1.165, 1.54) is 4.57 Å². The fourth-order valence-corrected chi connectivity index (χ4v) is 5.57. The van der Waals surface area contributed by atoms with Gasteiger partial charge in [-0.2, -0.15) is 0 Å². The van der Waals surface area contributed by atoms with E-state index in [1.807, 2.05) is 18.0 Å². The molecule has 0 saturated carbocycles. The topological polar surface area (TPSA) is 96.8 Å². The largest absolute Gasteiger partial charge is 0.332 e. The average molecular weight is 465 g/mol. The zero-order valence-corrected chi connectivity index (χ0v) is 19.8. The quantitative estimate of drug-likeness (QED) is 0.669. The third kappa shape index (κ3) is 3.69. The minimum Gasteiger partial charge on any atom is -0.327 e. The number of allylic oxidation sites excluding steroid dienone is 2. The number of hydrogen-bond donors (Lipinski definition) is 1. The van der Waals surface area contributed by atoms with Crippen molar-refractivity contribution in [2.45, 2.75) is 51.0 Å². The van der Waals surface area contributed by atoms with Crippen LogP contribution < -0.4 is 26.8 Å². The summed E-state index contributed by atoms with van der Waals surface area (Å²) in [7, 11) is 3.60. The number of ketones is 1. The van der Waals surface area contributed by atoms with Crippen LogP contribution in [0.5, 0.6) is 0 Å². The Morgan fingerprint density at radius 3 is 2.56 bits per heavy atom. The first-order chi connectivity index (χ1) is 16.4. The van der Waals surface area contributed by atoms with Crippen molar-refractivity contribution in [1.29, 1.82) is 0 Å². The molecule has 2 aliphatic heterocycles. The van der Waals surface area contributed by atoms with Crippen LogP contribution in [0, 0.1) is 0 Å². The van der Waals surface area contributed by atoms with Crippen LogP contribution in [0.2, 0.25) is 0 Å². The third-order valence-electron chi connectivity index (χ3n) is 7.19. The zero-order valence-electron chi connectivity index (χ0n) is 19.8. The van der Waals surface area contributed by atoms with Crippen LogP contribution in [0.1, 0.15) is 42.5 Å². The molecule has 9 heteroatoms. The van der Waals surface area contributed by atoms with Crippen molar-refractivity contribution in [1.82, 2.24) is 14.0 Å². The maximum Gasteiger partial charge on any atom is 0.332 e. The van der Waals surface area contributed by atoms with E-state index in [2.05, 4.69) is 15.9 Å². The molecule has 2 unspecified atom stereocenters. The summed E-state index contributed by atoms with van der Waals surface area (Å²) >= 11 is 0. The molecular formula is C25H32N6O3. The number of piperidine rings is 1. The van der Waals surface area contributed by atoms with Crippen molar-refractivity contribution in [2.75, 3.05) is 29.9 Å². The number of likely N-dealkylation sites (tertiary alicyclic amines) is 1. The van der Waals surface area contributed by atoms with E-state index in [-0.39, 0.29) is 24.7 Å². The van der Waals surface area contributed by atoms with Gasteiger partial charge in [-0.05, 0) is 32.1 Å². The number of carbonyl (C=O) groups is 1. The van der Waals surface area contributed by atoms with Crippen LogP contribution in [0.3, 0.4) is 0 Å². The van der Waals surface area contributed by atoms with Crippen molar-refractivity contribution in [2.24, 2.45) is 12.8 Å². The third-order valence-corrected chi connectivity index (χ3v) is 7.19. The highest BCUT2D eigenvalue weighted by molar-refractivity contribution is 5.95. The monoisotopic (exact) mass is 464 g/mol. The average Bonchev–Trinajstić information content (AvgIpc) is 3.47. The van der Waals surface area contributed by atoms with E-state index in [0.717, 1.165) is 55.5 Å². The molecule has 3 aliphatic rings. The summed E-state index contributed by atoms with van der Waals surface area (Å²) in [6, 6.07) is 8.85. The smallest absolute Gasteiger partial charge is 0.327 e. The van der Waals surface area contributed by atoms with Crippen LogP contribution in [-0.4, -0.2) is 52.3 Å². The van der Waals surface area contributed by atoms with Crippen molar-refractivity contribution >= 4 is 17.3 Å². The van der Waals surface area contributed by atoms with Crippen molar-refractivity contribution in [3.63, 3.8) is 0 Å². The molecular weight excluding hydrogens is 432 g/mol. The highest BCUT2D eigenvalue weighted by atomic mass is 16.2. The second-order valence-corrected chi connectivity index (χ2v) is 9.51. The molecule has 1 aromatic carbocycles. The molecule has 0 amide bonds. The number of anilines is 2. The molecule has 5 rings (SSSR count). The van der Waals surface area contributed by atoms with E-state index in [4.69, 9.17) is 5.73 Å². The fraction of sp³-hybridized carbons (Fsp3) is 0.480. The number of rotatable bonds is 5. The van der Waals surface area contributed by atoms with E-state index in [9.17, 15) is 14.4 Å². The molecule has 1 fully saturated rings. The van der Waals surface area contributed by atoms with Gasteiger partial charge >= 0.3 is 5.69 Å². The molecule has 1 aliphatic carbocycles. The Bertz CT molecular complexity index is 1250. The van der Waals surface area contributed by atoms with Gasteiger partial charge in [-0.1, -0.05) is 36.4 Å². The van der Waals surface area contributed by atoms with Gasteiger partial charge in [0, 0.05) is 44.5 Å². The van der Waals surface area contributed by atoms with E-state index >= 15 is 0 Å². The minimum atomic E-state index is -0.490. The van der Waals surface area contributed by atoms with Crippen LogP contribution in [0.4, 0.5) is 11.5 Å². The predicted molar refractivity (Wildman–Crippen MR) is 132 cm³/mol. The summed E-state index contributed by atoms with van der Waals surface area (Å²) in [4.78, 5) is 46.5. The lowest BCUT2D eigenvalue weighted by Gasteiger charge is -2.43. The van der Waals surface area contributed by atoms with Gasteiger partial charge in [-0.3, -0.25) is 23.6 Å². The van der Waals surface area contributed by atoms with Gasteiger partial charge in [-0.25, -0.2) is 4.79 Å². The minimum absolute atomic E-state index is 0.0780. The van der Waals surface area contributed by atoms with E-state index < -0.39 is 11.2 Å². The van der Waals surface area contributed by atoms with Gasteiger partial charge in [0.1, 0.15) is 5.82 Å². The molecule has 2 N–H and O–H groups in total. The second-order valence-electron chi connectivity index (χ2n) is 9.51. The predicted octanol–water partition coefficient (Wildman–Crippen LogP) is 1.46. The molecule has 180 valence electrons. The number of aromatic nitrogens is 2. The molecule has 34 heavy (non-hydrogen) atoms. The lowest BCUT2D eigenvalue weighted by atomic mass is 10.1. The number of nitrogens with zero attached hydrogens (tertiary/aromatic N) is 5. The SMILES string of the molecule is CN1c2c(c(=O)n(CC(=O)c3ccccc3)c(=O)n2C)N(C2=CCCC2)C1N1CCCC(N)C1. The van der Waals surface area contributed by atoms with Crippen molar-refractivity contribution in [3.8, 4) is 0 Å². The fourth-order valence-electron chi connectivity index (χ4n) is 5.57. The Morgan fingerprint density at radius 2 is 1.88 bits per heavy atom. The number of benzene rings is 1. The molecule has 1 aromatic heterocycles. The first-order valence-corrected chi connectivity index (χ1v) is 12.0. The van der Waals surface area contributed by atoms with E-state index in [0.29, 0.717) is 17.1 Å². The van der Waals surface area contributed by atoms with Crippen molar-refractivity contribution in [3.05, 3.63) is 68.5 Å².